The second-order valence-corrected chi connectivity index (χ2v) is 6.26. The molecule has 2 aromatic carbocycles. The third-order valence-electron chi connectivity index (χ3n) is 3.99. The molecule has 0 bridgehead atoms. The van der Waals surface area contributed by atoms with Crippen molar-refractivity contribution in [2.24, 2.45) is 0 Å². The molecular formula is C19H19FN4S. The largest absolute Gasteiger partial charge is 0.332 e. The van der Waals surface area contributed by atoms with Crippen LogP contribution >= 0.6 is 12.2 Å². The van der Waals surface area contributed by atoms with Crippen LogP contribution in [0.25, 0.3) is 0 Å². The summed E-state index contributed by atoms with van der Waals surface area (Å²) in [7, 11) is 0. The molecule has 128 valence electrons. The first-order valence-corrected chi connectivity index (χ1v) is 8.34. The molecule has 2 N–H and O–H groups in total. The number of thiocarbonyl (C=S) groups is 1. The van der Waals surface area contributed by atoms with Gasteiger partial charge in [0.2, 0.25) is 0 Å². The van der Waals surface area contributed by atoms with E-state index in [1.54, 1.807) is 16.8 Å². The maximum absolute atomic E-state index is 13.0. The lowest BCUT2D eigenvalue weighted by Crippen LogP contribution is -2.20. The van der Waals surface area contributed by atoms with Crippen molar-refractivity contribution in [3.8, 4) is 0 Å². The number of halogens is 1. The average Bonchev–Trinajstić information content (AvgIpc) is 3.01. The number of aromatic nitrogens is 2. The van der Waals surface area contributed by atoms with E-state index < -0.39 is 0 Å². The molecule has 0 aliphatic heterocycles. The summed E-state index contributed by atoms with van der Waals surface area (Å²) >= 11 is 5.36. The summed E-state index contributed by atoms with van der Waals surface area (Å²) in [5, 5.41) is 11.2. The van der Waals surface area contributed by atoms with Crippen molar-refractivity contribution in [2.45, 2.75) is 20.4 Å². The highest BCUT2D eigenvalue weighted by atomic mass is 32.1. The standard InChI is InChI=1S/C19H19FN4S/c1-13-4-3-5-17(14(13)2)21-19(25)22-18-10-11-24(23-18)12-15-6-8-16(20)9-7-15/h3-11H,12H2,1-2H3,(H2,21,22,23,25). The summed E-state index contributed by atoms with van der Waals surface area (Å²) < 4.78 is 14.7. The summed E-state index contributed by atoms with van der Waals surface area (Å²) in [6.07, 6.45) is 1.85. The normalized spacial score (nSPS) is 10.5. The Balaban J connectivity index is 1.61. The molecule has 0 atom stereocenters. The molecule has 25 heavy (non-hydrogen) atoms. The first-order valence-electron chi connectivity index (χ1n) is 7.93. The number of rotatable bonds is 4. The fourth-order valence-corrected chi connectivity index (χ4v) is 2.66. The number of nitrogens with zero attached hydrogens (tertiary/aromatic N) is 2. The second kappa shape index (κ2) is 7.44. The van der Waals surface area contributed by atoms with Gasteiger partial charge in [0.1, 0.15) is 5.82 Å². The van der Waals surface area contributed by atoms with Crippen molar-refractivity contribution in [1.82, 2.24) is 9.78 Å². The van der Waals surface area contributed by atoms with Crippen molar-refractivity contribution in [1.29, 1.82) is 0 Å². The van der Waals surface area contributed by atoms with E-state index >= 15 is 0 Å². The van der Waals surface area contributed by atoms with Crippen molar-refractivity contribution >= 4 is 28.8 Å². The van der Waals surface area contributed by atoms with Crippen LogP contribution in [-0.4, -0.2) is 14.9 Å². The predicted molar refractivity (Wildman–Crippen MR) is 103 cm³/mol. The fourth-order valence-electron chi connectivity index (χ4n) is 2.45. The Morgan fingerprint density at radius 1 is 1.08 bits per heavy atom. The Morgan fingerprint density at radius 3 is 2.60 bits per heavy atom. The van der Waals surface area contributed by atoms with Gasteiger partial charge in [-0.1, -0.05) is 24.3 Å². The maximum atomic E-state index is 13.0. The Labute approximate surface area is 151 Å². The van der Waals surface area contributed by atoms with Gasteiger partial charge in [0.15, 0.2) is 10.9 Å². The Kier molecular flexibility index (Phi) is 5.09. The van der Waals surface area contributed by atoms with E-state index in [0.717, 1.165) is 16.8 Å². The van der Waals surface area contributed by atoms with Gasteiger partial charge >= 0.3 is 0 Å². The van der Waals surface area contributed by atoms with Gasteiger partial charge in [-0.25, -0.2) is 4.39 Å². The summed E-state index contributed by atoms with van der Waals surface area (Å²) in [6, 6.07) is 14.3. The van der Waals surface area contributed by atoms with Crippen LogP contribution in [0.5, 0.6) is 0 Å². The van der Waals surface area contributed by atoms with Crippen molar-refractivity contribution in [3.63, 3.8) is 0 Å². The monoisotopic (exact) mass is 354 g/mol. The quantitative estimate of drug-likeness (QED) is 0.677. The first-order chi connectivity index (χ1) is 12.0. The highest BCUT2D eigenvalue weighted by Crippen LogP contribution is 2.18. The molecule has 0 spiro atoms. The van der Waals surface area contributed by atoms with Gasteiger partial charge in [-0.15, -0.1) is 0 Å². The van der Waals surface area contributed by atoms with E-state index in [4.69, 9.17) is 12.2 Å². The van der Waals surface area contributed by atoms with Crippen LogP contribution < -0.4 is 10.6 Å². The van der Waals surface area contributed by atoms with E-state index in [2.05, 4.69) is 35.6 Å². The van der Waals surface area contributed by atoms with Crippen molar-refractivity contribution in [2.75, 3.05) is 10.6 Å². The lowest BCUT2D eigenvalue weighted by molar-refractivity contribution is 0.624. The molecule has 4 nitrogen and oxygen atoms in total. The van der Waals surface area contributed by atoms with Crippen LogP contribution in [0.1, 0.15) is 16.7 Å². The molecule has 0 fully saturated rings. The van der Waals surface area contributed by atoms with Gasteiger partial charge in [-0.05, 0) is 61.0 Å². The van der Waals surface area contributed by atoms with Gasteiger partial charge in [0, 0.05) is 18.0 Å². The Bertz CT molecular complexity index is 887. The molecule has 0 saturated carbocycles. The zero-order chi connectivity index (χ0) is 17.8. The smallest absolute Gasteiger partial charge is 0.176 e. The number of hydrogen-bond acceptors (Lipinski definition) is 2. The third kappa shape index (κ3) is 4.42. The topological polar surface area (TPSA) is 41.9 Å². The van der Waals surface area contributed by atoms with E-state index in [1.807, 2.05) is 24.4 Å². The van der Waals surface area contributed by atoms with Gasteiger partial charge in [0.05, 0.1) is 6.54 Å². The third-order valence-corrected chi connectivity index (χ3v) is 4.20. The minimum atomic E-state index is -0.241. The molecule has 1 aromatic heterocycles. The minimum Gasteiger partial charge on any atom is -0.332 e. The first kappa shape index (κ1) is 17.1. The molecule has 1 heterocycles. The van der Waals surface area contributed by atoms with Crippen LogP contribution in [0.15, 0.2) is 54.7 Å². The Morgan fingerprint density at radius 2 is 1.84 bits per heavy atom. The zero-order valence-electron chi connectivity index (χ0n) is 14.1. The van der Waals surface area contributed by atoms with Crippen LogP contribution in [0.2, 0.25) is 0 Å². The van der Waals surface area contributed by atoms with E-state index in [0.29, 0.717) is 17.5 Å². The Hall–Kier alpha value is -2.73. The van der Waals surface area contributed by atoms with Crippen LogP contribution in [0, 0.1) is 19.7 Å². The van der Waals surface area contributed by atoms with Crippen molar-refractivity contribution < 1.29 is 4.39 Å². The SMILES string of the molecule is Cc1cccc(NC(=S)Nc2ccn(Cc3ccc(F)cc3)n2)c1C. The molecule has 0 amide bonds. The molecule has 0 aliphatic carbocycles. The molecule has 0 unspecified atom stereocenters. The van der Waals surface area contributed by atoms with Gasteiger partial charge in [0.25, 0.3) is 0 Å². The lowest BCUT2D eigenvalue weighted by Gasteiger charge is -2.12. The zero-order valence-corrected chi connectivity index (χ0v) is 14.9. The molecule has 0 radical (unpaired) electrons. The fraction of sp³-hybridized carbons (Fsp3) is 0.158. The van der Waals surface area contributed by atoms with Gasteiger partial charge in [-0.2, -0.15) is 5.10 Å². The molecule has 0 saturated heterocycles. The molecule has 6 heteroatoms. The number of benzene rings is 2. The van der Waals surface area contributed by atoms with E-state index in [1.165, 1.54) is 17.7 Å². The second-order valence-electron chi connectivity index (χ2n) is 5.85. The summed E-state index contributed by atoms with van der Waals surface area (Å²) in [6.45, 7) is 4.69. The number of nitrogens with one attached hydrogen (secondary N) is 2. The summed E-state index contributed by atoms with van der Waals surface area (Å²) in [5.41, 5.74) is 4.32. The van der Waals surface area contributed by atoms with E-state index in [-0.39, 0.29) is 5.82 Å². The average molecular weight is 354 g/mol. The predicted octanol–water partition coefficient (Wildman–Crippen LogP) is 4.50. The molecule has 3 rings (SSSR count). The van der Waals surface area contributed by atoms with Crippen LogP contribution in [0.4, 0.5) is 15.9 Å². The van der Waals surface area contributed by atoms with Gasteiger partial charge in [-0.3, -0.25) is 4.68 Å². The number of anilines is 2. The molecular weight excluding hydrogens is 335 g/mol. The summed E-state index contributed by atoms with van der Waals surface area (Å²) in [4.78, 5) is 0. The van der Waals surface area contributed by atoms with E-state index in [9.17, 15) is 4.39 Å². The lowest BCUT2D eigenvalue weighted by atomic mass is 10.1. The van der Waals surface area contributed by atoms with Crippen molar-refractivity contribution in [3.05, 3.63) is 77.2 Å². The molecule has 0 aliphatic rings. The minimum absolute atomic E-state index is 0.241. The highest BCUT2D eigenvalue weighted by molar-refractivity contribution is 7.80. The van der Waals surface area contributed by atoms with Crippen LogP contribution in [0.3, 0.4) is 0 Å². The summed E-state index contributed by atoms with van der Waals surface area (Å²) in [5.74, 6) is 0.416. The number of aryl methyl sites for hydroxylation is 1. The maximum Gasteiger partial charge on any atom is 0.176 e. The van der Waals surface area contributed by atoms with Crippen LogP contribution in [-0.2, 0) is 6.54 Å². The number of hydrogen-bond donors (Lipinski definition) is 2. The molecule has 3 aromatic rings. The van der Waals surface area contributed by atoms with Gasteiger partial charge < -0.3 is 10.6 Å². The highest BCUT2D eigenvalue weighted by Gasteiger charge is 2.06.